The molecule has 0 radical (unpaired) electrons. The van der Waals surface area contributed by atoms with Gasteiger partial charge in [0.1, 0.15) is 10.2 Å². The predicted molar refractivity (Wildman–Crippen MR) is 132 cm³/mol. The summed E-state index contributed by atoms with van der Waals surface area (Å²) >= 11 is 24.5. The Morgan fingerprint density at radius 3 is 2.14 bits per heavy atom. The van der Waals surface area contributed by atoms with Gasteiger partial charge in [0.25, 0.3) is 5.91 Å². The second-order valence-electron chi connectivity index (χ2n) is 8.05. The van der Waals surface area contributed by atoms with Crippen molar-refractivity contribution in [2.45, 2.75) is 16.4 Å². The summed E-state index contributed by atoms with van der Waals surface area (Å²) in [4.78, 5) is 25.6. The lowest BCUT2D eigenvalue weighted by Crippen LogP contribution is -2.18. The van der Waals surface area contributed by atoms with E-state index in [1.807, 2.05) is 0 Å². The van der Waals surface area contributed by atoms with Crippen LogP contribution in [-0.4, -0.2) is 16.1 Å². The maximum absolute atomic E-state index is 13.2. The average Bonchev–Trinajstić information content (AvgIpc) is 3.37. The number of carbonyl (C=O) groups excluding carboxylic acids is 2. The molecule has 3 aromatic rings. The molecule has 0 heterocycles. The first-order valence-electron chi connectivity index (χ1n) is 10.2. The molecular formula is C24H14Cl4F4N2O2. The van der Waals surface area contributed by atoms with Gasteiger partial charge < -0.3 is 10.6 Å². The fourth-order valence-corrected chi connectivity index (χ4v) is 5.03. The van der Waals surface area contributed by atoms with Gasteiger partial charge in [-0.25, -0.2) is 4.39 Å². The van der Waals surface area contributed by atoms with E-state index in [0.29, 0.717) is 5.69 Å². The van der Waals surface area contributed by atoms with E-state index in [4.69, 9.17) is 46.4 Å². The van der Waals surface area contributed by atoms with E-state index in [1.54, 1.807) is 0 Å². The Balaban J connectivity index is 1.52. The van der Waals surface area contributed by atoms with Gasteiger partial charge in [-0.3, -0.25) is 9.59 Å². The molecule has 12 heteroatoms. The Labute approximate surface area is 222 Å². The molecule has 1 saturated carbocycles. The van der Waals surface area contributed by atoms with Crippen molar-refractivity contribution in [3.05, 3.63) is 93.2 Å². The average molecular weight is 580 g/mol. The lowest BCUT2D eigenvalue weighted by molar-refractivity contribution is -0.137. The van der Waals surface area contributed by atoms with Crippen molar-refractivity contribution in [2.24, 2.45) is 5.92 Å². The van der Waals surface area contributed by atoms with Crippen molar-refractivity contribution in [1.82, 2.24) is 0 Å². The van der Waals surface area contributed by atoms with Crippen LogP contribution < -0.4 is 10.6 Å². The van der Waals surface area contributed by atoms with Crippen LogP contribution in [0.5, 0.6) is 0 Å². The fraction of sp³-hybridized carbons (Fsp3) is 0.167. The third-order valence-electron chi connectivity index (χ3n) is 5.52. The number of nitrogens with one attached hydrogen (secondary N) is 2. The number of carbonyl (C=O) groups is 2. The summed E-state index contributed by atoms with van der Waals surface area (Å²) in [5.74, 6) is -3.81. The molecule has 1 aliphatic rings. The van der Waals surface area contributed by atoms with Gasteiger partial charge in [0.05, 0.1) is 22.1 Å². The smallest absolute Gasteiger partial charge is 0.326 e. The first kappa shape index (κ1) is 26.5. The summed E-state index contributed by atoms with van der Waals surface area (Å²) in [5.41, 5.74) is -0.420. The molecule has 2 N–H and O–H groups in total. The van der Waals surface area contributed by atoms with Crippen molar-refractivity contribution < 1.29 is 27.2 Å². The van der Waals surface area contributed by atoms with Crippen molar-refractivity contribution in [3.8, 4) is 0 Å². The highest BCUT2D eigenvalue weighted by molar-refractivity contribution is 6.53. The number of rotatable bonds is 5. The Morgan fingerprint density at radius 1 is 0.861 bits per heavy atom. The van der Waals surface area contributed by atoms with Gasteiger partial charge in [-0.15, -0.1) is 23.2 Å². The highest BCUT2D eigenvalue weighted by Gasteiger charge is 2.67. The molecule has 2 amide bonds. The molecule has 36 heavy (non-hydrogen) atoms. The van der Waals surface area contributed by atoms with Crippen molar-refractivity contribution in [1.29, 1.82) is 0 Å². The number of halogens is 8. The molecular weight excluding hydrogens is 566 g/mol. The molecule has 0 spiro atoms. The summed E-state index contributed by atoms with van der Waals surface area (Å²) in [6.45, 7) is 0. The van der Waals surface area contributed by atoms with E-state index in [0.717, 1.165) is 12.1 Å². The summed E-state index contributed by atoms with van der Waals surface area (Å²) in [7, 11) is 0. The zero-order valence-corrected chi connectivity index (χ0v) is 20.8. The summed E-state index contributed by atoms with van der Waals surface area (Å²) in [6, 6.07) is 12.1. The van der Waals surface area contributed by atoms with Gasteiger partial charge >= 0.3 is 6.18 Å². The zero-order chi connectivity index (χ0) is 26.4. The monoisotopic (exact) mass is 578 g/mol. The maximum atomic E-state index is 13.2. The number of anilines is 2. The maximum Gasteiger partial charge on any atom is 0.416 e. The Morgan fingerprint density at radius 2 is 1.50 bits per heavy atom. The second kappa shape index (κ2) is 9.74. The summed E-state index contributed by atoms with van der Waals surface area (Å²) in [5, 5.41) is 5.02. The van der Waals surface area contributed by atoms with Crippen LogP contribution in [0.1, 0.15) is 27.4 Å². The van der Waals surface area contributed by atoms with E-state index < -0.39 is 45.5 Å². The minimum atomic E-state index is -4.65. The lowest BCUT2D eigenvalue weighted by atomic mass is 10.0. The quantitative estimate of drug-likeness (QED) is 0.238. The molecule has 1 aliphatic carbocycles. The largest absolute Gasteiger partial charge is 0.416 e. The van der Waals surface area contributed by atoms with Crippen LogP contribution in [0.15, 0.2) is 60.7 Å². The van der Waals surface area contributed by atoms with E-state index in [9.17, 15) is 27.2 Å². The SMILES string of the molecule is O=C(Nc1ccc(F)cc1)c1cc(NC(=O)[C@H]2[C@H](c3cc(Cl)cc(C(F)(F)F)c3)C2(Cl)Cl)ccc1Cl. The van der Waals surface area contributed by atoms with Gasteiger partial charge in [0.15, 0.2) is 0 Å². The van der Waals surface area contributed by atoms with Crippen LogP contribution in [0.4, 0.5) is 28.9 Å². The second-order valence-corrected chi connectivity index (χ2v) is 10.3. The van der Waals surface area contributed by atoms with E-state index in [-0.39, 0.29) is 26.9 Å². The minimum absolute atomic E-state index is 0.0128. The lowest BCUT2D eigenvalue weighted by Gasteiger charge is -2.11. The van der Waals surface area contributed by atoms with Crippen LogP contribution >= 0.6 is 46.4 Å². The molecule has 188 valence electrons. The first-order chi connectivity index (χ1) is 16.8. The van der Waals surface area contributed by atoms with Gasteiger partial charge in [-0.2, -0.15) is 13.2 Å². The Bertz CT molecular complexity index is 1350. The minimum Gasteiger partial charge on any atom is -0.326 e. The Kier molecular flexibility index (Phi) is 7.18. The van der Waals surface area contributed by atoms with E-state index in [1.165, 1.54) is 48.5 Å². The fourth-order valence-electron chi connectivity index (χ4n) is 3.75. The van der Waals surface area contributed by atoms with Crippen molar-refractivity contribution in [3.63, 3.8) is 0 Å². The molecule has 4 nitrogen and oxygen atoms in total. The van der Waals surface area contributed by atoms with E-state index in [2.05, 4.69) is 10.6 Å². The highest BCUT2D eigenvalue weighted by atomic mass is 35.5. The normalized spacial score (nSPS) is 18.4. The highest BCUT2D eigenvalue weighted by Crippen LogP contribution is 2.65. The molecule has 0 unspecified atom stereocenters. The number of amides is 2. The van der Waals surface area contributed by atoms with Crippen LogP contribution in [0.3, 0.4) is 0 Å². The third-order valence-corrected chi connectivity index (χ3v) is 7.01. The summed E-state index contributed by atoms with van der Waals surface area (Å²) < 4.78 is 51.0. The molecule has 4 rings (SSSR count). The number of alkyl halides is 5. The topological polar surface area (TPSA) is 58.2 Å². The van der Waals surface area contributed by atoms with Gasteiger partial charge in [-0.1, -0.05) is 23.2 Å². The third kappa shape index (κ3) is 5.57. The zero-order valence-electron chi connectivity index (χ0n) is 17.8. The van der Waals surface area contributed by atoms with Gasteiger partial charge in [0, 0.05) is 22.3 Å². The number of hydrogen-bond acceptors (Lipinski definition) is 2. The molecule has 1 fully saturated rings. The Hall–Kier alpha value is -2.52. The predicted octanol–water partition coefficient (Wildman–Crippen LogP) is 7.93. The van der Waals surface area contributed by atoms with E-state index >= 15 is 0 Å². The molecule has 0 saturated heterocycles. The van der Waals surface area contributed by atoms with Crippen LogP contribution in [0.2, 0.25) is 10.0 Å². The first-order valence-corrected chi connectivity index (χ1v) is 11.7. The molecule has 2 atom stereocenters. The molecule has 0 aliphatic heterocycles. The number of benzene rings is 3. The van der Waals surface area contributed by atoms with Crippen molar-refractivity contribution >= 4 is 69.6 Å². The molecule has 3 aromatic carbocycles. The summed E-state index contributed by atoms with van der Waals surface area (Å²) in [6.07, 6.45) is -4.65. The van der Waals surface area contributed by atoms with Crippen molar-refractivity contribution in [2.75, 3.05) is 10.6 Å². The van der Waals surface area contributed by atoms with Crippen LogP contribution in [-0.2, 0) is 11.0 Å². The van der Waals surface area contributed by atoms with Crippen LogP contribution in [0.25, 0.3) is 0 Å². The van der Waals surface area contributed by atoms with Gasteiger partial charge in [-0.05, 0) is 66.2 Å². The number of hydrogen-bond donors (Lipinski definition) is 2. The van der Waals surface area contributed by atoms with Crippen LogP contribution in [0, 0.1) is 11.7 Å². The molecule has 0 aromatic heterocycles. The standard InChI is InChI=1S/C24H14Cl4F4N2O2/c25-13-8-11(7-12(9-13)24(30,31)32)19-20(23(19,27)28)22(36)34-16-5-6-18(26)17(10-16)21(35)33-15-3-1-14(29)2-4-15/h1-10,19-20H,(H,33,35)(H,34,36)/t19-,20+/m0/s1. The van der Waals surface area contributed by atoms with Gasteiger partial charge in [0.2, 0.25) is 5.91 Å². The molecule has 0 bridgehead atoms.